The van der Waals surface area contributed by atoms with E-state index in [-0.39, 0.29) is 16.7 Å². The lowest BCUT2D eigenvalue weighted by Gasteiger charge is -2.07. The number of halogens is 3. The van der Waals surface area contributed by atoms with Crippen LogP contribution in [-0.4, -0.2) is 18.1 Å². The molecule has 0 atom stereocenters. The third-order valence-electron chi connectivity index (χ3n) is 2.58. The number of alkyl halides is 3. The lowest BCUT2D eigenvalue weighted by atomic mass is 10.1. The first-order valence-corrected chi connectivity index (χ1v) is 6.43. The molecule has 17 heavy (non-hydrogen) atoms. The van der Waals surface area contributed by atoms with Crippen LogP contribution in [0, 0.1) is 0 Å². The zero-order valence-corrected chi connectivity index (χ0v) is 10.1. The maximum atomic E-state index is 12.1. The van der Waals surface area contributed by atoms with Crippen molar-refractivity contribution in [3.05, 3.63) is 29.8 Å². The Kier molecular flexibility index (Phi) is 3.99. The van der Waals surface area contributed by atoms with E-state index in [0.717, 1.165) is 18.5 Å². The molecule has 0 heterocycles. The highest BCUT2D eigenvalue weighted by atomic mass is 32.2. The van der Waals surface area contributed by atoms with Crippen LogP contribution in [0.3, 0.4) is 0 Å². The van der Waals surface area contributed by atoms with Crippen LogP contribution in [0.25, 0.3) is 0 Å². The fraction of sp³-hybridized carbons (Fsp3) is 0.500. The van der Waals surface area contributed by atoms with Crippen molar-refractivity contribution < 1.29 is 13.2 Å². The van der Waals surface area contributed by atoms with Crippen molar-refractivity contribution in [2.24, 2.45) is 0 Å². The number of nitrogens with one attached hydrogen (secondary N) is 1. The summed E-state index contributed by atoms with van der Waals surface area (Å²) >= 11 is -0.0674. The Hall–Kier alpha value is -0.680. The van der Waals surface area contributed by atoms with Crippen LogP contribution in [0.2, 0.25) is 0 Å². The Bertz CT molecular complexity index is 357. The van der Waals surface area contributed by atoms with Crippen molar-refractivity contribution in [2.45, 2.75) is 35.7 Å². The third kappa shape index (κ3) is 5.00. The standard InChI is InChI=1S/C12H14F3NS/c13-12(14,15)17-11-5-1-9(2-6-11)7-8-16-10-3-4-10/h1-2,5-6,10,16H,3-4,7-8H2. The summed E-state index contributed by atoms with van der Waals surface area (Å²) in [5.74, 6) is 0. The summed E-state index contributed by atoms with van der Waals surface area (Å²) in [6.45, 7) is 0.899. The fourth-order valence-corrected chi connectivity index (χ4v) is 2.11. The monoisotopic (exact) mass is 261 g/mol. The molecule has 0 amide bonds. The minimum Gasteiger partial charge on any atom is -0.314 e. The average molecular weight is 261 g/mol. The predicted octanol–water partition coefficient (Wildman–Crippen LogP) is 3.59. The highest BCUT2D eigenvalue weighted by molar-refractivity contribution is 8.00. The highest BCUT2D eigenvalue weighted by Crippen LogP contribution is 2.36. The second-order valence-corrected chi connectivity index (χ2v) is 5.31. The summed E-state index contributed by atoms with van der Waals surface area (Å²) in [4.78, 5) is 0.247. The molecule has 1 saturated carbocycles. The highest BCUT2D eigenvalue weighted by Gasteiger charge is 2.28. The largest absolute Gasteiger partial charge is 0.446 e. The molecule has 1 nitrogen and oxygen atoms in total. The SMILES string of the molecule is FC(F)(F)Sc1ccc(CCNC2CC2)cc1. The van der Waals surface area contributed by atoms with E-state index >= 15 is 0 Å². The van der Waals surface area contributed by atoms with E-state index in [1.165, 1.54) is 25.0 Å². The van der Waals surface area contributed by atoms with E-state index in [0.29, 0.717) is 6.04 Å². The van der Waals surface area contributed by atoms with E-state index in [2.05, 4.69) is 5.32 Å². The van der Waals surface area contributed by atoms with Crippen molar-refractivity contribution in [3.63, 3.8) is 0 Å². The minimum absolute atomic E-state index is 0.0674. The second kappa shape index (κ2) is 5.31. The van der Waals surface area contributed by atoms with E-state index in [1.807, 2.05) is 0 Å². The summed E-state index contributed by atoms with van der Waals surface area (Å²) in [5.41, 5.74) is -3.13. The van der Waals surface area contributed by atoms with Crippen molar-refractivity contribution in [2.75, 3.05) is 6.54 Å². The van der Waals surface area contributed by atoms with Gasteiger partial charge in [0.2, 0.25) is 0 Å². The van der Waals surface area contributed by atoms with Gasteiger partial charge in [-0.25, -0.2) is 0 Å². The molecule has 1 aromatic carbocycles. The number of hydrogen-bond donors (Lipinski definition) is 1. The van der Waals surface area contributed by atoms with Gasteiger partial charge in [0.05, 0.1) is 0 Å². The van der Waals surface area contributed by atoms with Gasteiger partial charge in [0, 0.05) is 10.9 Å². The van der Waals surface area contributed by atoms with Gasteiger partial charge < -0.3 is 5.32 Å². The lowest BCUT2D eigenvalue weighted by Crippen LogP contribution is -2.19. The van der Waals surface area contributed by atoms with Gasteiger partial charge in [0.15, 0.2) is 0 Å². The molecule has 0 aromatic heterocycles. The molecular formula is C12H14F3NS. The Morgan fingerprint density at radius 3 is 2.35 bits per heavy atom. The van der Waals surface area contributed by atoms with Crippen LogP contribution in [0.1, 0.15) is 18.4 Å². The molecule has 1 aliphatic rings. The van der Waals surface area contributed by atoms with Gasteiger partial charge in [-0.3, -0.25) is 0 Å². The van der Waals surface area contributed by atoms with Gasteiger partial charge in [-0.2, -0.15) is 13.2 Å². The minimum atomic E-state index is -4.20. The maximum absolute atomic E-state index is 12.1. The fourth-order valence-electron chi connectivity index (χ4n) is 1.57. The van der Waals surface area contributed by atoms with Crippen LogP contribution in [0.4, 0.5) is 13.2 Å². The molecule has 1 aromatic rings. The molecule has 0 aliphatic heterocycles. The average Bonchev–Trinajstić information content (AvgIpc) is 3.02. The Morgan fingerprint density at radius 2 is 1.82 bits per heavy atom. The van der Waals surface area contributed by atoms with Gasteiger partial charge in [-0.15, -0.1) is 0 Å². The normalized spacial score (nSPS) is 16.2. The molecule has 5 heteroatoms. The number of rotatable bonds is 5. The second-order valence-electron chi connectivity index (χ2n) is 4.17. The number of hydrogen-bond acceptors (Lipinski definition) is 2. The van der Waals surface area contributed by atoms with Crippen molar-refractivity contribution in [3.8, 4) is 0 Å². The third-order valence-corrected chi connectivity index (χ3v) is 3.32. The zero-order chi connectivity index (χ0) is 12.3. The van der Waals surface area contributed by atoms with Gasteiger partial charge >= 0.3 is 5.51 Å². The summed E-state index contributed by atoms with van der Waals surface area (Å²) < 4.78 is 36.3. The lowest BCUT2D eigenvalue weighted by molar-refractivity contribution is -0.0328. The maximum Gasteiger partial charge on any atom is 0.446 e. The van der Waals surface area contributed by atoms with E-state index in [1.54, 1.807) is 12.1 Å². The van der Waals surface area contributed by atoms with Crippen LogP contribution < -0.4 is 5.32 Å². The number of thioether (sulfide) groups is 1. The van der Waals surface area contributed by atoms with Gasteiger partial charge in [-0.1, -0.05) is 12.1 Å². The molecule has 1 aliphatic carbocycles. The van der Waals surface area contributed by atoms with Gasteiger partial charge in [0.1, 0.15) is 0 Å². The quantitative estimate of drug-likeness (QED) is 0.813. The topological polar surface area (TPSA) is 12.0 Å². The molecule has 0 saturated heterocycles. The van der Waals surface area contributed by atoms with E-state index < -0.39 is 5.51 Å². The number of benzene rings is 1. The molecule has 2 rings (SSSR count). The van der Waals surface area contributed by atoms with Crippen LogP contribution >= 0.6 is 11.8 Å². The molecule has 0 spiro atoms. The summed E-state index contributed by atoms with van der Waals surface area (Å²) in [7, 11) is 0. The van der Waals surface area contributed by atoms with Gasteiger partial charge in [-0.05, 0) is 55.3 Å². The molecule has 0 unspecified atom stereocenters. The first-order valence-electron chi connectivity index (χ1n) is 5.61. The Morgan fingerprint density at radius 1 is 1.18 bits per heavy atom. The predicted molar refractivity (Wildman–Crippen MR) is 63.1 cm³/mol. The first-order chi connectivity index (χ1) is 8.03. The smallest absolute Gasteiger partial charge is 0.314 e. The molecule has 1 N–H and O–H groups in total. The molecule has 1 fully saturated rings. The Balaban J connectivity index is 1.79. The summed E-state index contributed by atoms with van der Waals surface area (Å²) in [5, 5.41) is 3.37. The molecule has 0 bridgehead atoms. The Labute approximate surface area is 103 Å². The van der Waals surface area contributed by atoms with Crippen LogP contribution in [0.5, 0.6) is 0 Å². The summed E-state index contributed by atoms with van der Waals surface area (Å²) in [6, 6.07) is 7.27. The van der Waals surface area contributed by atoms with Crippen molar-refractivity contribution in [1.82, 2.24) is 5.32 Å². The zero-order valence-electron chi connectivity index (χ0n) is 9.26. The van der Waals surface area contributed by atoms with Crippen LogP contribution in [0.15, 0.2) is 29.2 Å². The van der Waals surface area contributed by atoms with E-state index in [4.69, 9.17) is 0 Å². The van der Waals surface area contributed by atoms with Crippen LogP contribution in [-0.2, 0) is 6.42 Å². The first kappa shape index (κ1) is 12.8. The van der Waals surface area contributed by atoms with Crippen molar-refractivity contribution >= 4 is 11.8 Å². The molecule has 0 radical (unpaired) electrons. The van der Waals surface area contributed by atoms with Crippen molar-refractivity contribution in [1.29, 1.82) is 0 Å². The van der Waals surface area contributed by atoms with E-state index in [9.17, 15) is 13.2 Å². The summed E-state index contributed by atoms with van der Waals surface area (Å²) in [6.07, 6.45) is 3.37. The van der Waals surface area contributed by atoms with Gasteiger partial charge in [0.25, 0.3) is 0 Å². The molecule has 94 valence electrons. The molecular weight excluding hydrogens is 247 g/mol.